The first-order chi connectivity index (χ1) is 10.2. The first-order valence-corrected chi connectivity index (χ1v) is 7.60. The van der Waals surface area contributed by atoms with Crippen LogP contribution in [0.25, 0.3) is 11.0 Å². The second-order valence-corrected chi connectivity index (χ2v) is 6.00. The highest BCUT2D eigenvalue weighted by Crippen LogP contribution is 2.30. The molecule has 0 aliphatic carbocycles. The van der Waals surface area contributed by atoms with Crippen LogP contribution in [0.5, 0.6) is 0 Å². The fraction of sp³-hybridized carbons (Fsp3) is 0.188. The maximum atomic E-state index is 14.1. The highest BCUT2D eigenvalue weighted by molar-refractivity contribution is 7.99. The predicted molar refractivity (Wildman–Crippen MR) is 84.1 cm³/mol. The average molecular weight is 301 g/mol. The number of hydrogen-bond donors (Lipinski definition) is 2. The Labute approximate surface area is 126 Å². The van der Waals surface area contributed by atoms with Gasteiger partial charge in [0.05, 0.1) is 15.9 Å². The summed E-state index contributed by atoms with van der Waals surface area (Å²) in [6.07, 6.45) is 0.686. The predicted octanol–water partition coefficient (Wildman–Crippen LogP) is 3.66. The monoisotopic (exact) mass is 301 g/mol. The van der Waals surface area contributed by atoms with Crippen LogP contribution in [-0.4, -0.2) is 16.5 Å². The van der Waals surface area contributed by atoms with Crippen LogP contribution in [0.1, 0.15) is 11.1 Å². The molecular weight excluding hydrogens is 285 g/mol. The summed E-state index contributed by atoms with van der Waals surface area (Å²) >= 11 is 1.30. The molecule has 5 heteroatoms. The molecule has 1 aromatic heterocycles. The fourth-order valence-corrected chi connectivity index (χ4v) is 3.01. The minimum absolute atomic E-state index is 0.234. The Kier molecular flexibility index (Phi) is 3.94. The Morgan fingerprint density at radius 3 is 2.86 bits per heavy atom. The highest BCUT2D eigenvalue weighted by Gasteiger charge is 2.09. The number of aryl methyl sites for hydroxylation is 1. The number of H-pyrrole nitrogens is 1. The van der Waals surface area contributed by atoms with Crippen LogP contribution in [0.2, 0.25) is 0 Å². The topological polar surface area (TPSA) is 54.7 Å². The molecule has 0 radical (unpaired) electrons. The van der Waals surface area contributed by atoms with Gasteiger partial charge in [0.25, 0.3) is 0 Å². The number of nitrogens with zero attached hydrogens (tertiary/aromatic N) is 1. The van der Waals surface area contributed by atoms with Gasteiger partial charge in [0, 0.05) is 0 Å². The van der Waals surface area contributed by atoms with Gasteiger partial charge in [-0.2, -0.15) is 0 Å². The van der Waals surface area contributed by atoms with Crippen molar-refractivity contribution in [3.05, 3.63) is 53.3 Å². The number of nitrogens with one attached hydrogen (secondary N) is 1. The van der Waals surface area contributed by atoms with Gasteiger partial charge < -0.3 is 10.7 Å². The summed E-state index contributed by atoms with van der Waals surface area (Å²) < 4.78 is 14.1. The van der Waals surface area contributed by atoms with Gasteiger partial charge in [-0.25, -0.2) is 9.37 Å². The minimum atomic E-state index is -0.234. The number of aromatic nitrogens is 2. The second-order valence-electron chi connectivity index (χ2n) is 4.97. The standard InChI is InChI=1S/C16H16FN3S/c1-10-2-4-13-14(8-10)20-16(19-13)21-15-5-3-11(6-7-18)9-12(15)17/h2-5,8-9H,6-7,18H2,1H3,(H,19,20). The van der Waals surface area contributed by atoms with Crippen molar-refractivity contribution in [3.63, 3.8) is 0 Å². The van der Waals surface area contributed by atoms with Gasteiger partial charge >= 0.3 is 0 Å². The maximum absolute atomic E-state index is 14.1. The van der Waals surface area contributed by atoms with Crippen LogP contribution in [-0.2, 0) is 6.42 Å². The number of imidazole rings is 1. The van der Waals surface area contributed by atoms with Crippen LogP contribution in [0, 0.1) is 12.7 Å². The van der Waals surface area contributed by atoms with Crippen molar-refractivity contribution >= 4 is 22.8 Å². The van der Waals surface area contributed by atoms with Crippen LogP contribution < -0.4 is 5.73 Å². The Morgan fingerprint density at radius 1 is 1.24 bits per heavy atom. The van der Waals surface area contributed by atoms with E-state index in [0.29, 0.717) is 23.0 Å². The van der Waals surface area contributed by atoms with Crippen molar-refractivity contribution < 1.29 is 4.39 Å². The summed E-state index contributed by atoms with van der Waals surface area (Å²) in [4.78, 5) is 8.25. The highest BCUT2D eigenvalue weighted by atomic mass is 32.2. The van der Waals surface area contributed by atoms with E-state index in [-0.39, 0.29) is 5.82 Å². The molecule has 2 aromatic carbocycles. The molecule has 3 N–H and O–H groups in total. The van der Waals surface area contributed by atoms with Gasteiger partial charge in [0.15, 0.2) is 5.16 Å². The van der Waals surface area contributed by atoms with E-state index in [2.05, 4.69) is 9.97 Å². The number of rotatable bonds is 4. The van der Waals surface area contributed by atoms with Crippen LogP contribution in [0.15, 0.2) is 46.5 Å². The van der Waals surface area contributed by atoms with E-state index >= 15 is 0 Å². The molecule has 0 atom stereocenters. The van der Waals surface area contributed by atoms with E-state index in [9.17, 15) is 4.39 Å². The molecule has 0 amide bonds. The van der Waals surface area contributed by atoms with Gasteiger partial charge in [0.2, 0.25) is 0 Å². The summed E-state index contributed by atoms with van der Waals surface area (Å²) in [5.41, 5.74) is 9.43. The quantitative estimate of drug-likeness (QED) is 0.773. The summed E-state index contributed by atoms with van der Waals surface area (Å²) in [7, 11) is 0. The van der Waals surface area contributed by atoms with E-state index in [0.717, 1.165) is 16.6 Å². The number of hydrogen-bond acceptors (Lipinski definition) is 3. The second kappa shape index (κ2) is 5.87. The summed E-state index contributed by atoms with van der Waals surface area (Å²) in [6.45, 7) is 2.55. The lowest BCUT2D eigenvalue weighted by atomic mass is 10.1. The Hall–Kier alpha value is -1.85. The Bertz CT molecular complexity index is 782. The van der Waals surface area contributed by atoms with Crippen LogP contribution >= 0.6 is 11.8 Å². The third-order valence-electron chi connectivity index (χ3n) is 3.25. The van der Waals surface area contributed by atoms with Gasteiger partial charge in [-0.1, -0.05) is 12.1 Å². The number of aromatic amines is 1. The number of nitrogens with two attached hydrogens (primary N) is 1. The molecule has 0 aliphatic rings. The minimum Gasteiger partial charge on any atom is -0.333 e. The Balaban J connectivity index is 1.87. The zero-order chi connectivity index (χ0) is 14.8. The zero-order valence-electron chi connectivity index (χ0n) is 11.7. The molecule has 21 heavy (non-hydrogen) atoms. The number of halogens is 1. The van der Waals surface area contributed by atoms with Crippen molar-refractivity contribution in [1.29, 1.82) is 0 Å². The molecule has 3 aromatic rings. The first-order valence-electron chi connectivity index (χ1n) is 6.78. The molecule has 3 nitrogen and oxygen atoms in total. The molecule has 0 saturated heterocycles. The van der Waals surface area contributed by atoms with Crippen molar-refractivity contribution in [1.82, 2.24) is 9.97 Å². The van der Waals surface area contributed by atoms with Gasteiger partial charge in [-0.3, -0.25) is 0 Å². The van der Waals surface area contributed by atoms with Crippen LogP contribution in [0.3, 0.4) is 0 Å². The van der Waals surface area contributed by atoms with Crippen molar-refractivity contribution in [2.45, 2.75) is 23.4 Å². The Morgan fingerprint density at radius 2 is 2.10 bits per heavy atom. The fourth-order valence-electron chi connectivity index (χ4n) is 2.20. The molecule has 1 heterocycles. The summed E-state index contributed by atoms with van der Waals surface area (Å²) in [6, 6.07) is 11.2. The summed E-state index contributed by atoms with van der Waals surface area (Å²) in [5, 5.41) is 0.695. The van der Waals surface area contributed by atoms with Gasteiger partial charge in [-0.15, -0.1) is 0 Å². The lowest BCUT2D eigenvalue weighted by Crippen LogP contribution is -2.02. The molecule has 3 rings (SSSR count). The first kappa shape index (κ1) is 14.1. The van der Waals surface area contributed by atoms with E-state index in [1.54, 1.807) is 12.1 Å². The van der Waals surface area contributed by atoms with Gasteiger partial charge in [-0.05, 0) is 67.0 Å². The number of fused-ring (bicyclic) bond motifs is 1. The van der Waals surface area contributed by atoms with E-state index in [1.165, 1.54) is 17.3 Å². The molecule has 0 bridgehead atoms. The molecule has 108 valence electrons. The molecule has 0 fully saturated rings. The third-order valence-corrected chi connectivity index (χ3v) is 4.19. The molecular formula is C16H16FN3S. The lowest BCUT2D eigenvalue weighted by Gasteiger charge is -2.03. The SMILES string of the molecule is Cc1ccc2nc(Sc3ccc(CCN)cc3F)[nH]c2c1. The maximum Gasteiger partial charge on any atom is 0.171 e. The smallest absolute Gasteiger partial charge is 0.171 e. The average Bonchev–Trinajstić information content (AvgIpc) is 2.83. The van der Waals surface area contributed by atoms with Gasteiger partial charge in [0.1, 0.15) is 5.82 Å². The normalized spacial score (nSPS) is 11.2. The largest absolute Gasteiger partial charge is 0.333 e. The van der Waals surface area contributed by atoms with Crippen molar-refractivity contribution in [2.24, 2.45) is 5.73 Å². The lowest BCUT2D eigenvalue weighted by molar-refractivity contribution is 0.599. The van der Waals surface area contributed by atoms with Crippen molar-refractivity contribution in [3.8, 4) is 0 Å². The molecule has 0 unspecified atom stereocenters. The third kappa shape index (κ3) is 3.09. The van der Waals surface area contributed by atoms with Crippen molar-refractivity contribution in [2.75, 3.05) is 6.54 Å². The van der Waals surface area contributed by atoms with E-state index < -0.39 is 0 Å². The van der Waals surface area contributed by atoms with E-state index in [1.807, 2.05) is 31.2 Å². The summed E-state index contributed by atoms with van der Waals surface area (Å²) in [5.74, 6) is -0.234. The zero-order valence-corrected chi connectivity index (χ0v) is 12.5. The number of benzene rings is 2. The molecule has 0 spiro atoms. The molecule has 0 aliphatic heterocycles. The van der Waals surface area contributed by atoms with E-state index in [4.69, 9.17) is 5.73 Å². The molecule has 0 saturated carbocycles. The van der Waals surface area contributed by atoms with Crippen LogP contribution in [0.4, 0.5) is 4.39 Å².